The summed E-state index contributed by atoms with van der Waals surface area (Å²) < 4.78 is 23.7. The fraction of sp³-hybridized carbons (Fsp3) is 0.441. The van der Waals surface area contributed by atoms with Crippen LogP contribution in [0.15, 0.2) is 60.7 Å². The average molecular weight is 607 g/mol. The standard InChI is InChI=1S/C34H39ClN2O6/c1-33(39,21-37-15-13-34(14-16-37)30-12-5-25(35)17-24(30)20-43-34)22-42-31-18-28(10-11-29(31)32(38)36-26-6-7-26)41-19-23-3-8-27(40-2)9-4-23/h3-5,8-12,17-18,26,39H,6-7,13-16,19-22H2,1-2H3,(H,36,38)/t33-/m0/s1. The molecule has 0 bridgehead atoms. The van der Waals surface area contributed by atoms with Crippen molar-refractivity contribution in [2.45, 2.75) is 63.1 Å². The van der Waals surface area contributed by atoms with Crippen molar-refractivity contribution in [3.63, 3.8) is 0 Å². The lowest BCUT2D eigenvalue weighted by molar-refractivity contribution is -0.0925. The van der Waals surface area contributed by atoms with E-state index in [4.69, 9.17) is 30.5 Å². The molecule has 1 spiro atoms. The van der Waals surface area contributed by atoms with Gasteiger partial charge in [-0.15, -0.1) is 0 Å². The number of halogens is 1. The Kier molecular flexibility index (Phi) is 8.56. The van der Waals surface area contributed by atoms with E-state index in [0.29, 0.717) is 36.8 Å². The van der Waals surface area contributed by atoms with Crippen molar-refractivity contribution in [3.05, 3.63) is 87.9 Å². The Morgan fingerprint density at radius 3 is 2.53 bits per heavy atom. The summed E-state index contributed by atoms with van der Waals surface area (Å²) in [6.07, 6.45) is 3.66. The van der Waals surface area contributed by atoms with Crippen LogP contribution >= 0.6 is 11.6 Å². The van der Waals surface area contributed by atoms with Gasteiger partial charge in [0.05, 0.1) is 24.9 Å². The molecule has 0 radical (unpaired) electrons. The quantitative estimate of drug-likeness (QED) is 0.299. The Balaban J connectivity index is 1.08. The fourth-order valence-electron chi connectivity index (χ4n) is 5.95. The highest BCUT2D eigenvalue weighted by Gasteiger charge is 2.43. The summed E-state index contributed by atoms with van der Waals surface area (Å²) in [4.78, 5) is 15.3. The molecule has 6 rings (SSSR count). The van der Waals surface area contributed by atoms with Crippen molar-refractivity contribution < 1.29 is 28.8 Å². The van der Waals surface area contributed by atoms with E-state index in [0.717, 1.165) is 60.7 Å². The molecule has 3 aromatic rings. The molecule has 43 heavy (non-hydrogen) atoms. The molecule has 3 aromatic carbocycles. The van der Waals surface area contributed by atoms with Crippen LogP contribution in [-0.2, 0) is 23.6 Å². The number of hydrogen-bond donors (Lipinski definition) is 2. The highest BCUT2D eigenvalue weighted by Crippen LogP contribution is 2.45. The van der Waals surface area contributed by atoms with Crippen molar-refractivity contribution in [2.75, 3.05) is 33.4 Å². The van der Waals surface area contributed by atoms with Crippen molar-refractivity contribution in [3.8, 4) is 17.2 Å². The van der Waals surface area contributed by atoms with Crippen LogP contribution in [0.5, 0.6) is 17.2 Å². The monoisotopic (exact) mass is 606 g/mol. The van der Waals surface area contributed by atoms with Crippen molar-refractivity contribution >= 4 is 17.5 Å². The highest BCUT2D eigenvalue weighted by atomic mass is 35.5. The van der Waals surface area contributed by atoms with Crippen LogP contribution in [0, 0.1) is 0 Å². The number of nitrogens with one attached hydrogen (secondary N) is 1. The van der Waals surface area contributed by atoms with Crippen LogP contribution in [0.1, 0.15) is 59.7 Å². The largest absolute Gasteiger partial charge is 0.497 e. The summed E-state index contributed by atoms with van der Waals surface area (Å²) >= 11 is 6.19. The minimum atomic E-state index is -1.14. The van der Waals surface area contributed by atoms with Gasteiger partial charge < -0.3 is 34.3 Å². The Morgan fingerprint density at radius 1 is 1.07 bits per heavy atom. The van der Waals surface area contributed by atoms with Gasteiger partial charge >= 0.3 is 0 Å². The number of carbonyl (C=O) groups is 1. The molecule has 2 heterocycles. The minimum Gasteiger partial charge on any atom is -0.497 e. The summed E-state index contributed by atoms with van der Waals surface area (Å²) in [5.74, 6) is 1.56. The number of methoxy groups -OCH3 is 1. The third-order valence-corrected chi connectivity index (χ3v) is 8.74. The molecule has 2 N–H and O–H groups in total. The molecule has 1 amide bonds. The number of likely N-dealkylation sites (tertiary alicyclic amines) is 1. The Bertz CT molecular complexity index is 1450. The molecule has 0 unspecified atom stereocenters. The molecule has 228 valence electrons. The molecule has 8 nitrogen and oxygen atoms in total. The smallest absolute Gasteiger partial charge is 0.255 e. The lowest BCUT2D eigenvalue weighted by Crippen LogP contribution is -2.50. The fourth-order valence-corrected chi connectivity index (χ4v) is 6.14. The first-order chi connectivity index (χ1) is 20.7. The molecule has 0 aromatic heterocycles. The number of benzene rings is 3. The first-order valence-corrected chi connectivity index (χ1v) is 15.3. The normalized spacial score (nSPS) is 19.0. The van der Waals surface area contributed by atoms with Crippen molar-refractivity contribution in [1.82, 2.24) is 10.2 Å². The van der Waals surface area contributed by atoms with Gasteiger partial charge in [-0.25, -0.2) is 0 Å². The summed E-state index contributed by atoms with van der Waals surface area (Å²) in [5, 5.41) is 15.1. The number of ether oxygens (including phenoxy) is 4. The maximum Gasteiger partial charge on any atom is 0.255 e. The third-order valence-electron chi connectivity index (χ3n) is 8.50. The number of piperidine rings is 1. The van der Waals surface area contributed by atoms with E-state index in [1.54, 1.807) is 32.2 Å². The first-order valence-electron chi connectivity index (χ1n) is 14.9. The zero-order valence-corrected chi connectivity index (χ0v) is 25.5. The van der Waals surface area contributed by atoms with Gasteiger partial charge in [-0.05, 0) is 85.7 Å². The van der Waals surface area contributed by atoms with E-state index in [9.17, 15) is 9.90 Å². The van der Waals surface area contributed by atoms with Gasteiger partial charge in [0, 0.05) is 36.8 Å². The van der Waals surface area contributed by atoms with Crippen molar-refractivity contribution in [2.24, 2.45) is 0 Å². The van der Waals surface area contributed by atoms with Crippen LogP contribution in [0.3, 0.4) is 0 Å². The van der Waals surface area contributed by atoms with Crippen LogP contribution < -0.4 is 19.5 Å². The van der Waals surface area contributed by atoms with E-state index in [1.807, 2.05) is 36.4 Å². The number of carbonyl (C=O) groups excluding carboxylic acids is 1. The summed E-state index contributed by atoms with van der Waals surface area (Å²) in [5.41, 5.74) is 2.39. The second-order valence-corrected chi connectivity index (χ2v) is 12.6. The topological polar surface area (TPSA) is 89.5 Å². The second kappa shape index (κ2) is 12.4. The number of rotatable bonds is 11. The van der Waals surface area contributed by atoms with Crippen LogP contribution in [0.2, 0.25) is 5.02 Å². The molecule has 2 fully saturated rings. The predicted molar refractivity (Wildman–Crippen MR) is 164 cm³/mol. The summed E-state index contributed by atoms with van der Waals surface area (Å²) in [6, 6.07) is 19.1. The highest BCUT2D eigenvalue weighted by molar-refractivity contribution is 6.30. The van der Waals surface area contributed by atoms with Crippen LogP contribution in [-0.4, -0.2) is 60.9 Å². The van der Waals surface area contributed by atoms with Gasteiger partial charge in [0.25, 0.3) is 5.91 Å². The zero-order chi connectivity index (χ0) is 30.0. The number of nitrogens with zero attached hydrogens (tertiary/aromatic N) is 1. The van der Waals surface area contributed by atoms with Gasteiger partial charge in [0.15, 0.2) is 0 Å². The van der Waals surface area contributed by atoms with Gasteiger partial charge in [-0.1, -0.05) is 29.8 Å². The van der Waals surface area contributed by atoms with E-state index in [1.165, 1.54) is 5.56 Å². The SMILES string of the molecule is COc1ccc(COc2ccc(C(=O)NC3CC3)c(OC[C@@](C)(O)CN3CCC4(CC3)OCc3cc(Cl)ccc34)c2)cc1. The van der Waals surface area contributed by atoms with Crippen molar-refractivity contribution in [1.29, 1.82) is 0 Å². The maximum absolute atomic E-state index is 13.0. The molecule has 9 heteroatoms. The molecular formula is C34H39ClN2O6. The van der Waals surface area contributed by atoms with Gasteiger partial charge in [-0.2, -0.15) is 0 Å². The lowest BCUT2D eigenvalue weighted by Gasteiger charge is -2.41. The second-order valence-electron chi connectivity index (χ2n) is 12.2. The van der Waals surface area contributed by atoms with E-state index in [2.05, 4.69) is 16.3 Å². The molecule has 1 saturated heterocycles. The number of hydrogen-bond acceptors (Lipinski definition) is 7. The Labute approximate surface area is 257 Å². The summed E-state index contributed by atoms with van der Waals surface area (Å²) in [6.45, 7) is 4.76. The van der Waals surface area contributed by atoms with E-state index >= 15 is 0 Å². The number of β-amino-alcohol motifs (C(OH)–C–C–N with tert-alkyl or cyclic N) is 1. The number of fused-ring (bicyclic) bond motifs is 2. The lowest BCUT2D eigenvalue weighted by atomic mass is 9.83. The first kappa shape index (κ1) is 29.8. The molecule has 1 saturated carbocycles. The number of aliphatic hydroxyl groups is 1. The van der Waals surface area contributed by atoms with E-state index < -0.39 is 5.60 Å². The Hall–Kier alpha value is -3.30. The number of amides is 1. The average Bonchev–Trinajstić information content (AvgIpc) is 3.76. The van der Waals surface area contributed by atoms with Gasteiger partial charge in [-0.3, -0.25) is 4.79 Å². The maximum atomic E-state index is 13.0. The van der Waals surface area contributed by atoms with Crippen LogP contribution in [0.25, 0.3) is 0 Å². The summed E-state index contributed by atoms with van der Waals surface area (Å²) in [7, 11) is 1.63. The minimum absolute atomic E-state index is 0.0259. The zero-order valence-electron chi connectivity index (χ0n) is 24.7. The van der Waals surface area contributed by atoms with Crippen LogP contribution in [0.4, 0.5) is 0 Å². The molecular weight excluding hydrogens is 568 g/mol. The molecule has 2 aliphatic heterocycles. The predicted octanol–water partition coefficient (Wildman–Crippen LogP) is 5.47. The van der Waals surface area contributed by atoms with Gasteiger partial charge in [0.2, 0.25) is 0 Å². The Morgan fingerprint density at radius 2 is 1.81 bits per heavy atom. The third kappa shape index (κ3) is 7.10. The van der Waals surface area contributed by atoms with Gasteiger partial charge in [0.1, 0.15) is 36.1 Å². The molecule has 3 aliphatic rings. The van der Waals surface area contributed by atoms with E-state index in [-0.39, 0.29) is 24.2 Å². The molecule has 1 atom stereocenters. The molecule has 1 aliphatic carbocycles.